The first-order valence-corrected chi connectivity index (χ1v) is 6.45. The van der Waals surface area contributed by atoms with Crippen molar-refractivity contribution in [1.82, 2.24) is 24.9 Å². The van der Waals surface area contributed by atoms with Crippen LogP contribution in [-0.4, -0.2) is 58.3 Å². The molecule has 0 bridgehead atoms. The molecule has 0 aliphatic carbocycles. The lowest BCUT2D eigenvalue weighted by molar-refractivity contribution is -0.132. The molecule has 1 atom stereocenters. The zero-order valence-corrected chi connectivity index (χ0v) is 11.4. The Morgan fingerprint density at radius 2 is 2.35 bits per heavy atom. The van der Waals surface area contributed by atoms with Crippen LogP contribution in [0.3, 0.4) is 0 Å². The number of ether oxygens (including phenoxy) is 1. The van der Waals surface area contributed by atoms with Gasteiger partial charge in [0.15, 0.2) is 11.9 Å². The van der Waals surface area contributed by atoms with Gasteiger partial charge in [0.2, 0.25) is 5.65 Å². The molecule has 3 rings (SSSR count). The summed E-state index contributed by atoms with van der Waals surface area (Å²) in [6.07, 6.45) is 3.05. The first-order chi connectivity index (χ1) is 9.70. The van der Waals surface area contributed by atoms with Gasteiger partial charge in [-0.05, 0) is 6.92 Å². The van der Waals surface area contributed by atoms with Crippen LogP contribution < -0.4 is 10.2 Å². The van der Waals surface area contributed by atoms with Crippen molar-refractivity contribution in [3.05, 3.63) is 18.2 Å². The third-order valence-corrected chi connectivity index (χ3v) is 3.38. The van der Waals surface area contributed by atoms with E-state index in [1.807, 2.05) is 22.4 Å². The number of hydrogen-bond acceptors (Lipinski definition) is 6. The quantitative estimate of drug-likeness (QED) is 0.787. The number of aryl methyl sites for hydroxylation is 1. The summed E-state index contributed by atoms with van der Waals surface area (Å²) >= 11 is 0. The van der Waals surface area contributed by atoms with Gasteiger partial charge in [-0.15, -0.1) is 10.2 Å². The van der Waals surface area contributed by atoms with Gasteiger partial charge in [0.05, 0.1) is 13.2 Å². The Morgan fingerprint density at radius 3 is 3.15 bits per heavy atom. The van der Waals surface area contributed by atoms with Crippen LogP contribution in [0, 0.1) is 6.92 Å². The molecular weight excluding hydrogens is 260 g/mol. The monoisotopic (exact) mass is 276 g/mol. The third kappa shape index (κ3) is 2.07. The smallest absolute Gasteiger partial charge is 0.250 e. The van der Waals surface area contributed by atoms with Crippen LogP contribution in [0.4, 0.5) is 5.82 Å². The van der Waals surface area contributed by atoms with Crippen LogP contribution in [0.25, 0.3) is 5.65 Å². The van der Waals surface area contributed by atoms with Crippen molar-refractivity contribution in [3.63, 3.8) is 0 Å². The molecule has 8 heteroatoms. The molecule has 2 aromatic heterocycles. The molecule has 1 unspecified atom stereocenters. The lowest BCUT2D eigenvalue weighted by Gasteiger charge is -2.32. The van der Waals surface area contributed by atoms with E-state index in [-0.39, 0.29) is 5.91 Å². The van der Waals surface area contributed by atoms with Gasteiger partial charge in [-0.25, -0.2) is 4.98 Å². The Labute approximate surface area is 115 Å². The zero-order chi connectivity index (χ0) is 14.1. The van der Waals surface area contributed by atoms with E-state index in [1.165, 1.54) is 0 Å². The van der Waals surface area contributed by atoms with E-state index in [4.69, 9.17) is 4.74 Å². The molecular formula is C12H16N6O2. The molecule has 1 amide bonds. The summed E-state index contributed by atoms with van der Waals surface area (Å²) in [6, 6.07) is 0. The summed E-state index contributed by atoms with van der Waals surface area (Å²) in [7, 11) is 1.60. The van der Waals surface area contributed by atoms with Crippen LogP contribution in [0.2, 0.25) is 0 Å². The fourth-order valence-electron chi connectivity index (χ4n) is 2.31. The summed E-state index contributed by atoms with van der Waals surface area (Å²) < 4.78 is 7.36. The van der Waals surface area contributed by atoms with Crippen LogP contribution in [0.1, 0.15) is 5.82 Å². The maximum Gasteiger partial charge on any atom is 0.250 e. The average molecular weight is 276 g/mol. The van der Waals surface area contributed by atoms with Crippen molar-refractivity contribution in [2.45, 2.75) is 13.0 Å². The van der Waals surface area contributed by atoms with Gasteiger partial charge in [-0.3, -0.25) is 9.20 Å². The van der Waals surface area contributed by atoms with Gasteiger partial charge in [0.25, 0.3) is 5.91 Å². The molecule has 1 fully saturated rings. The molecule has 8 nitrogen and oxygen atoms in total. The number of likely N-dealkylation sites (N-methyl/N-ethyl adjacent to an activating group) is 1. The molecule has 1 N–H and O–H groups in total. The first kappa shape index (κ1) is 12.8. The summed E-state index contributed by atoms with van der Waals surface area (Å²) in [5, 5.41) is 10.8. The number of morpholine rings is 1. The predicted molar refractivity (Wildman–Crippen MR) is 71.5 cm³/mol. The highest BCUT2D eigenvalue weighted by Crippen LogP contribution is 2.20. The number of carbonyl (C=O) groups excluding carboxylic acids is 1. The normalized spacial score (nSPS) is 19.3. The third-order valence-electron chi connectivity index (χ3n) is 3.38. The molecule has 0 spiro atoms. The second kappa shape index (κ2) is 5.04. The van der Waals surface area contributed by atoms with Crippen molar-refractivity contribution in [2.24, 2.45) is 0 Å². The van der Waals surface area contributed by atoms with E-state index in [2.05, 4.69) is 20.5 Å². The summed E-state index contributed by atoms with van der Waals surface area (Å²) in [5.41, 5.74) is 0.697. The Balaban J connectivity index is 1.92. The van der Waals surface area contributed by atoms with Gasteiger partial charge in [-0.1, -0.05) is 0 Å². The van der Waals surface area contributed by atoms with Crippen LogP contribution in [-0.2, 0) is 9.53 Å². The van der Waals surface area contributed by atoms with Crippen molar-refractivity contribution >= 4 is 17.4 Å². The fourth-order valence-corrected chi connectivity index (χ4v) is 2.31. The van der Waals surface area contributed by atoms with Gasteiger partial charge in [0, 0.05) is 26.0 Å². The van der Waals surface area contributed by atoms with Gasteiger partial charge < -0.3 is 15.0 Å². The highest BCUT2D eigenvalue weighted by atomic mass is 16.5. The topological polar surface area (TPSA) is 84.7 Å². The lowest BCUT2D eigenvalue weighted by Crippen LogP contribution is -2.49. The molecule has 3 heterocycles. The van der Waals surface area contributed by atoms with Gasteiger partial charge in [-0.2, -0.15) is 0 Å². The largest absolute Gasteiger partial charge is 0.365 e. The minimum atomic E-state index is -0.486. The highest BCUT2D eigenvalue weighted by molar-refractivity contribution is 5.81. The van der Waals surface area contributed by atoms with Crippen molar-refractivity contribution in [2.75, 3.05) is 31.6 Å². The molecule has 0 radical (unpaired) electrons. The molecule has 1 aliphatic rings. The number of carbonyl (C=O) groups is 1. The minimum absolute atomic E-state index is 0.126. The van der Waals surface area contributed by atoms with E-state index in [0.29, 0.717) is 25.3 Å². The van der Waals surface area contributed by atoms with E-state index in [0.717, 1.165) is 11.6 Å². The molecule has 0 saturated carbocycles. The van der Waals surface area contributed by atoms with Gasteiger partial charge >= 0.3 is 0 Å². The molecule has 1 aliphatic heterocycles. The molecule has 1 saturated heterocycles. The second-order valence-corrected chi connectivity index (χ2v) is 4.61. The SMILES string of the molecule is CNC(=O)C1CN(c2nccn3c(C)nnc23)CCO1. The number of anilines is 1. The lowest BCUT2D eigenvalue weighted by atomic mass is 10.2. The highest BCUT2D eigenvalue weighted by Gasteiger charge is 2.28. The number of fused-ring (bicyclic) bond motifs is 1. The second-order valence-electron chi connectivity index (χ2n) is 4.61. The van der Waals surface area contributed by atoms with E-state index in [1.54, 1.807) is 13.2 Å². The summed E-state index contributed by atoms with van der Waals surface area (Å²) in [4.78, 5) is 18.1. The maximum absolute atomic E-state index is 11.7. The number of hydrogen-bond donors (Lipinski definition) is 1. The zero-order valence-electron chi connectivity index (χ0n) is 11.4. The molecule has 2 aromatic rings. The standard InChI is InChI=1S/C12H16N6O2/c1-8-15-16-11-10(14-3-4-18(8)11)17-5-6-20-9(7-17)12(19)13-2/h3-4,9H,5-7H2,1-2H3,(H,13,19). The Morgan fingerprint density at radius 1 is 1.50 bits per heavy atom. The molecule has 106 valence electrons. The first-order valence-electron chi connectivity index (χ1n) is 6.45. The number of amides is 1. The summed E-state index contributed by atoms with van der Waals surface area (Å²) in [5.74, 6) is 1.41. The number of nitrogens with one attached hydrogen (secondary N) is 1. The van der Waals surface area contributed by atoms with Crippen molar-refractivity contribution < 1.29 is 9.53 Å². The molecule has 0 aromatic carbocycles. The number of rotatable bonds is 2. The van der Waals surface area contributed by atoms with Crippen molar-refractivity contribution in [3.8, 4) is 0 Å². The minimum Gasteiger partial charge on any atom is -0.365 e. The fraction of sp³-hybridized carbons (Fsp3) is 0.500. The van der Waals surface area contributed by atoms with Crippen molar-refractivity contribution in [1.29, 1.82) is 0 Å². The number of aromatic nitrogens is 4. The molecule has 20 heavy (non-hydrogen) atoms. The van der Waals surface area contributed by atoms with Crippen LogP contribution in [0.5, 0.6) is 0 Å². The van der Waals surface area contributed by atoms with Gasteiger partial charge in [0.1, 0.15) is 5.82 Å². The Hall–Kier alpha value is -2.22. The maximum atomic E-state index is 11.7. The van der Waals surface area contributed by atoms with E-state index < -0.39 is 6.10 Å². The summed E-state index contributed by atoms with van der Waals surface area (Å²) in [6.45, 7) is 3.49. The van der Waals surface area contributed by atoms with E-state index >= 15 is 0 Å². The van der Waals surface area contributed by atoms with E-state index in [9.17, 15) is 4.79 Å². The Bertz CT molecular complexity index is 640. The van der Waals surface area contributed by atoms with Crippen LogP contribution >= 0.6 is 0 Å². The average Bonchev–Trinajstić information content (AvgIpc) is 2.88. The van der Waals surface area contributed by atoms with Crippen LogP contribution in [0.15, 0.2) is 12.4 Å². The Kier molecular flexibility index (Phi) is 3.23. The predicted octanol–water partition coefficient (Wildman–Crippen LogP) is -0.616. The number of nitrogens with zero attached hydrogens (tertiary/aromatic N) is 5.